The summed E-state index contributed by atoms with van der Waals surface area (Å²) in [7, 11) is 3.34. The number of rotatable bonds is 2. The Kier molecular flexibility index (Phi) is 3.42. The number of carbonyl (C=O) groups excluding carboxylic acids is 1. The first-order valence-corrected chi connectivity index (χ1v) is 7.09. The average molecular weight is 276 g/mol. The molecule has 2 atom stereocenters. The Hall–Kier alpha value is -1.55. The number of benzene rings is 1. The van der Waals surface area contributed by atoms with Crippen molar-refractivity contribution in [3.8, 4) is 11.5 Å². The van der Waals surface area contributed by atoms with E-state index in [2.05, 4.69) is 0 Å². The fourth-order valence-electron chi connectivity index (χ4n) is 3.33. The molecular weight excluding hydrogens is 256 g/mol. The van der Waals surface area contributed by atoms with Gasteiger partial charge in [-0.1, -0.05) is 0 Å². The van der Waals surface area contributed by atoms with E-state index in [1.807, 2.05) is 6.07 Å². The molecule has 108 valence electrons. The number of hydrogen-bond acceptors (Lipinski definition) is 4. The molecule has 0 bridgehead atoms. The first-order valence-electron chi connectivity index (χ1n) is 7.09. The lowest BCUT2D eigenvalue weighted by molar-refractivity contribution is -0.0467. The van der Waals surface area contributed by atoms with Gasteiger partial charge in [0, 0.05) is 19.6 Å². The molecule has 0 amide bonds. The first kappa shape index (κ1) is 13.4. The molecule has 0 N–H and O–H groups in total. The molecule has 2 aliphatic rings. The molecule has 1 heterocycles. The molecule has 1 spiro atoms. The lowest BCUT2D eigenvalue weighted by atomic mass is 9.77. The van der Waals surface area contributed by atoms with E-state index >= 15 is 0 Å². The van der Waals surface area contributed by atoms with Crippen molar-refractivity contribution in [1.82, 2.24) is 0 Å². The molecule has 1 aliphatic carbocycles. The maximum atomic E-state index is 12.4. The maximum absolute atomic E-state index is 12.4. The van der Waals surface area contributed by atoms with E-state index < -0.39 is 5.60 Å². The van der Waals surface area contributed by atoms with Crippen molar-refractivity contribution in [2.75, 3.05) is 14.2 Å². The van der Waals surface area contributed by atoms with Gasteiger partial charge in [-0.2, -0.15) is 0 Å². The van der Waals surface area contributed by atoms with Crippen LogP contribution in [-0.4, -0.2) is 31.7 Å². The second-order valence-electron chi connectivity index (χ2n) is 5.70. The van der Waals surface area contributed by atoms with E-state index in [-0.39, 0.29) is 11.9 Å². The summed E-state index contributed by atoms with van der Waals surface area (Å²) in [6.45, 7) is 0. The van der Waals surface area contributed by atoms with E-state index in [1.165, 1.54) is 0 Å². The molecule has 1 saturated carbocycles. The highest BCUT2D eigenvalue weighted by molar-refractivity contribution is 6.00. The van der Waals surface area contributed by atoms with Crippen molar-refractivity contribution >= 4 is 5.78 Å². The van der Waals surface area contributed by atoms with Crippen molar-refractivity contribution in [3.63, 3.8) is 0 Å². The van der Waals surface area contributed by atoms with Gasteiger partial charge in [-0.3, -0.25) is 4.79 Å². The van der Waals surface area contributed by atoms with E-state index in [0.29, 0.717) is 23.5 Å². The first-order chi connectivity index (χ1) is 9.65. The van der Waals surface area contributed by atoms with E-state index in [9.17, 15) is 4.79 Å². The molecule has 0 saturated heterocycles. The van der Waals surface area contributed by atoms with Crippen LogP contribution in [0, 0.1) is 0 Å². The Morgan fingerprint density at radius 2 is 2.20 bits per heavy atom. The predicted octanol–water partition coefficient (Wildman–Crippen LogP) is 2.99. The molecule has 1 aromatic rings. The molecule has 3 rings (SSSR count). The van der Waals surface area contributed by atoms with Gasteiger partial charge < -0.3 is 14.2 Å². The second-order valence-corrected chi connectivity index (χ2v) is 5.70. The summed E-state index contributed by atoms with van der Waals surface area (Å²) in [6.07, 6.45) is 4.41. The highest BCUT2D eigenvalue weighted by Crippen LogP contribution is 2.43. The lowest BCUT2D eigenvalue weighted by Crippen LogP contribution is -2.47. The third-order valence-electron chi connectivity index (χ3n) is 4.39. The van der Waals surface area contributed by atoms with Gasteiger partial charge in [-0.05, 0) is 31.4 Å². The van der Waals surface area contributed by atoms with Gasteiger partial charge in [0.1, 0.15) is 17.1 Å². The topological polar surface area (TPSA) is 44.8 Å². The molecule has 4 heteroatoms. The van der Waals surface area contributed by atoms with Gasteiger partial charge >= 0.3 is 0 Å². The van der Waals surface area contributed by atoms with E-state index in [4.69, 9.17) is 14.2 Å². The van der Waals surface area contributed by atoms with E-state index in [1.54, 1.807) is 26.4 Å². The van der Waals surface area contributed by atoms with Gasteiger partial charge in [-0.15, -0.1) is 0 Å². The number of Topliss-reactive ketones (excluding diaryl/α,β-unsaturated/α-hetero) is 1. The second kappa shape index (κ2) is 5.09. The minimum absolute atomic E-state index is 0.158. The number of methoxy groups -OCH3 is 2. The SMILES string of the molecule is COc1ccc2c(c1)OC1(CCCC(OC)C1)CC2=O. The molecule has 1 aliphatic heterocycles. The highest BCUT2D eigenvalue weighted by atomic mass is 16.5. The van der Waals surface area contributed by atoms with Crippen LogP contribution in [0.4, 0.5) is 0 Å². The van der Waals surface area contributed by atoms with Crippen LogP contribution >= 0.6 is 0 Å². The Labute approximate surface area is 119 Å². The zero-order valence-corrected chi connectivity index (χ0v) is 12.0. The van der Waals surface area contributed by atoms with Crippen molar-refractivity contribution < 1.29 is 19.0 Å². The standard InChI is InChI=1S/C16H20O4/c1-18-11-5-6-13-14(17)10-16(20-15(13)8-11)7-3-4-12(9-16)19-2/h5-6,8,12H,3-4,7,9-10H2,1-2H3. The van der Waals surface area contributed by atoms with Crippen molar-refractivity contribution in [1.29, 1.82) is 0 Å². The number of fused-ring (bicyclic) bond motifs is 1. The highest BCUT2D eigenvalue weighted by Gasteiger charge is 2.44. The molecule has 0 radical (unpaired) electrons. The predicted molar refractivity (Wildman–Crippen MR) is 74.6 cm³/mol. The molecule has 2 unspecified atom stereocenters. The Morgan fingerprint density at radius 1 is 1.35 bits per heavy atom. The monoisotopic (exact) mass is 276 g/mol. The van der Waals surface area contributed by atoms with Crippen molar-refractivity contribution in [3.05, 3.63) is 23.8 Å². The largest absolute Gasteiger partial charge is 0.497 e. The Bertz CT molecular complexity index is 525. The zero-order valence-electron chi connectivity index (χ0n) is 12.0. The number of ether oxygens (including phenoxy) is 3. The summed E-state index contributed by atoms with van der Waals surface area (Å²) >= 11 is 0. The van der Waals surface area contributed by atoms with Crippen molar-refractivity contribution in [2.45, 2.75) is 43.8 Å². The van der Waals surface area contributed by atoms with Crippen LogP contribution in [0.5, 0.6) is 11.5 Å². The van der Waals surface area contributed by atoms with Gasteiger partial charge in [0.15, 0.2) is 5.78 Å². The molecule has 1 fully saturated rings. The van der Waals surface area contributed by atoms with Crippen LogP contribution in [0.2, 0.25) is 0 Å². The fraction of sp³-hybridized carbons (Fsp3) is 0.562. The number of hydrogen-bond donors (Lipinski definition) is 0. The fourth-order valence-corrected chi connectivity index (χ4v) is 3.33. The number of ketones is 1. The van der Waals surface area contributed by atoms with Gasteiger partial charge in [0.05, 0.1) is 25.2 Å². The summed E-state index contributed by atoms with van der Waals surface area (Å²) < 4.78 is 16.9. The molecule has 1 aromatic carbocycles. The van der Waals surface area contributed by atoms with Gasteiger partial charge in [-0.25, -0.2) is 0 Å². The quantitative estimate of drug-likeness (QED) is 0.833. The summed E-state index contributed by atoms with van der Waals surface area (Å²) in [5, 5.41) is 0. The zero-order chi connectivity index (χ0) is 14.2. The van der Waals surface area contributed by atoms with Crippen LogP contribution in [-0.2, 0) is 4.74 Å². The lowest BCUT2D eigenvalue weighted by Gasteiger charge is -2.43. The molecule has 0 aromatic heterocycles. The third kappa shape index (κ3) is 2.29. The van der Waals surface area contributed by atoms with Crippen LogP contribution < -0.4 is 9.47 Å². The smallest absolute Gasteiger partial charge is 0.170 e. The minimum atomic E-state index is -0.393. The average Bonchev–Trinajstić information content (AvgIpc) is 2.46. The Morgan fingerprint density at radius 3 is 2.95 bits per heavy atom. The normalized spacial score (nSPS) is 28.9. The summed E-state index contributed by atoms with van der Waals surface area (Å²) in [6, 6.07) is 5.40. The van der Waals surface area contributed by atoms with Crippen LogP contribution in [0.15, 0.2) is 18.2 Å². The third-order valence-corrected chi connectivity index (χ3v) is 4.39. The number of carbonyl (C=O) groups is 1. The van der Waals surface area contributed by atoms with Crippen LogP contribution in [0.3, 0.4) is 0 Å². The summed E-state index contributed by atoms with van der Waals surface area (Å²) in [5.41, 5.74) is 0.269. The molecule has 20 heavy (non-hydrogen) atoms. The Balaban J connectivity index is 1.92. The van der Waals surface area contributed by atoms with Gasteiger partial charge in [0.25, 0.3) is 0 Å². The minimum Gasteiger partial charge on any atom is -0.497 e. The summed E-state index contributed by atoms with van der Waals surface area (Å²) in [5.74, 6) is 1.52. The van der Waals surface area contributed by atoms with Crippen molar-refractivity contribution in [2.24, 2.45) is 0 Å². The van der Waals surface area contributed by atoms with Crippen LogP contribution in [0.1, 0.15) is 42.5 Å². The summed E-state index contributed by atoms with van der Waals surface area (Å²) in [4.78, 5) is 12.4. The van der Waals surface area contributed by atoms with Gasteiger partial charge in [0.2, 0.25) is 0 Å². The van der Waals surface area contributed by atoms with E-state index in [0.717, 1.165) is 25.7 Å². The maximum Gasteiger partial charge on any atom is 0.170 e. The molecular formula is C16H20O4. The van der Waals surface area contributed by atoms with Crippen LogP contribution in [0.25, 0.3) is 0 Å². The molecule has 4 nitrogen and oxygen atoms in total.